The number of benzene rings is 2. The SMILES string of the molecule is Cn1nc(C(=O)NCc2ccc(Cl)cc2)c(=O)c2cccc(CCCCO)c21. The maximum absolute atomic E-state index is 12.9. The number of aryl methyl sites for hydroxylation is 2. The minimum atomic E-state index is -0.511. The molecule has 0 saturated heterocycles. The summed E-state index contributed by atoms with van der Waals surface area (Å²) in [4.78, 5) is 25.4. The molecular weight excluding hydrogens is 378 g/mol. The Labute approximate surface area is 167 Å². The van der Waals surface area contributed by atoms with Gasteiger partial charge in [0.15, 0.2) is 5.69 Å². The van der Waals surface area contributed by atoms with Crippen LogP contribution in [-0.4, -0.2) is 27.4 Å². The van der Waals surface area contributed by atoms with Gasteiger partial charge in [-0.05, 0) is 48.6 Å². The van der Waals surface area contributed by atoms with Gasteiger partial charge in [0.05, 0.1) is 10.9 Å². The number of hydrogen-bond donors (Lipinski definition) is 2. The first-order valence-corrected chi connectivity index (χ1v) is 9.51. The zero-order valence-electron chi connectivity index (χ0n) is 15.6. The Balaban J connectivity index is 1.87. The summed E-state index contributed by atoms with van der Waals surface area (Å²) in [7, 11) is 1.73. The van der Waals surface area contributed by atoms with Crippen molar-refractivity contribution in [2.24, 2.45) is 7.05 Å². The van der Waals surface area contributed by atoms with Crippen LogP contribution in [0.3, 0.4) is 0 Å². The van der Waals surface area contributed by atoms with E-state index in [4.69, 9.17) is 16.7 Å². The lowest BCUT2D eigenvalue weighted by Gasteiger charge is -2.12. The highest BCUT2D eigenvalue weighted by Crippen LogP contribution is 2.17. The van der Waals surface area contributed by atoms with Crippen LogP contribution in [0.15, 0.2) is 47.3 Å². The van der Waals surface area contributed by atoms with Gasteiger partial charge in [-0.1, -0.05) is 35.9 Å². The van der Waals surface area contributed by atoms with Crippen LogP contribution in [0.2, 0.25) is 5.02 Å². The van der Waals surface area contributed by atoms with Crippen LogP contribution in [0.4, 0.5) is 0 Å². The number of aromatic nitrogens is 2. The summed E-state index contributed by atoms with van der Waals surface area (Å²) in [5.41, 5.74) is 2.06. The number of carbonyl (C=O) groups excluding carboxylic acids is 1. The summed E-state index contributed by atoms with van der Waals surface area (Å²) < 4.78 is 1.59. The summed E-state index contributed by atoms with van der Waals surface area (Å²) in [5.74, 6) is -0.511. The number of carbonyl (C=O) groups is 1. The number of halogens is 1. The molecule has 0 fully saturated rings. The van der Waals surface area contributed by atoms with E-state index < -0.39 is 5.91 Å². The summed E-state index contributed by atoms with van der Waals surface area (Å²) >= 11 is 5.86. The van der Waals surface area contributed by atoms with Crippen molar-refractivity contribution in [3.8, 4) is 0 Å². The Morgan fingerprint density at radius 3 is 2.64 bits per heavy atom. The second kappa shape index (κ2) is 8.99. The molecule has 0 atom stereocenters. The van der Waals surface area contributed by atoms with Gasteiger partial charge in [-0.3, -0.25) is 14.3 Å². The van der Waals surface area contributed by atoms with Gasteiger partial charge in [-0.25, -0.2) is 0 Å². The lowest BCUT2D eigenvalue weighted by Crippen LogP contribution is -2.31. The third-order valence-corrected chi connectivity index (χ3v) is 4.84. The van der Waals surface area contributed by atoms with E-state index in [9.17, 15) is 9.59 Å². The predicted molar refractivity (Wildman–Crippen MR) is 110 cm³/mol. The van der Waals surface area contributed by atoms with Crippen LogP contribution in [0.1, 0.15) is 34.5 Å². The second-order valence-electron chi connectivity index (χ2n) is 6.60. The van der Waals surface area contributed by atoms with Crippen molar-refractivity contribution in [2.75, 3.05) is 6.61 Å². The van der Waals surface area contributed by atoms with Crippen molar-refractivity contribution in [3.05, 3.63) is 74.5 Å². The first-order valence-electron chi connectivity index (χ1n) is 9.13. The fourth-order valence-corrected chi connectivity index (χ4v) is 3.30. The molecule has 0 aliphatic carbocycles. The molecule has 7 heteroatoms. The van der Waals surface area contributed by atoms with Crippen LogP contribution < -0.4 is 10.7 Å². The predicted octanol–water partition coefficient (Wildman–Crippen LogP) is 2.83. The van der Waals surface area contributed by atoms with Crippen LogP contribution in [0.25, 0.3) is 10.9 Å². The molecule has 0 radical (unpaired) electrons. The van der Waals surface area contributed by atoms with Gasteiger partial charge in [0, 0.05) is 25.2 Å². The maximum atomic E-state index is 12.9. The van der Waals surface area contributed by atoms with E-state index in [1.54, 1.807) is 29.9 Å². The molecule has 1 amide bonds. The van der Waals surface area contributed by atoms with Crippen molar-refractivity contribution in [3.63, 3.8) is 0 Å². The molecule has 0 unspecified atom stereocenters. The second-order valence-corrected chi connectivity index (χ2v) is 7.04. The van der Waals surface area contributed by atoms with Crippen LogP contribution in [0.5, 0.6) is 0 Å². The highest BCUT2D eigenvalue weighted by Gasteiger charge is 2.17. The molecule has 2 N–H and O–H groups in total. The molecule has 3 aromatic rings. The van der Waals surface area contributed by atoms with E-state index in [0.717, 1.165) is 29.5 Å². The Hall–Kier alpha value is -2.70. The fraction of sp³-hybridized carbons (Fsp3) is 0.286. The maximum Gasteiger partial charge on any atom is 0.276 e. The first-order chi connectivity index (χ1) is 13.5. The quantitative estimate of drug-likeness (QED) is 0.598. The van der Waals surface area contributed by atoms with Gasteiger partial charge >= 0.3 is 0 Å². The molecule has 0 aliphatic rings. The smallest absolute Gasteiger partial charge is 0.276 e. The molecule has 0 saturated carbocycles. The summed E-state index contributed by atoms with van der Waals surface area (Å²) in [6.07, 6.45) is 2.24. The molecule has 1 aromatic heterocycles. The first kappa shape index (κ1) is 20.0. The third kappa shape index (κ3) is 4.40. The van der Waals surface area contributed by atoms with Crippen LogP contribution >= 0.6 is 11.6 Å². The van der Waals surface area contributed by atoms with Gasteiger partial charge in [-0.2, -0.15) is 5.10 Å². The molecule has 0 aliphatic heterocycles. The van der Waals surface area contributed by atoms with E-state index in [1.165, 1.54) is 0 Å². The van der Waals surface area contributed by atoms with Crippen molar-refractivity contribution in [1.29, 1.82) is 0 Å². The Morgan fingerprint density at radius 2 is 1.93 bits per heavy atom. The average molecular weight is 400 g/mol. The van der Waals surface area contributed by atoms with Gasteiger partial charge in [0.2, 0.25) is 5.43 Å². The van der Waals surface area contributed by atoms with E-state index in [0.29, 0.717) is 16.8 Å². The van der Waals surface area contributed by atoms with E-state index >= 15 is 0 Å². The van der Waals surface area contributed by atoms with Crippen molar-refractivity contribution >= 4 is 28.4 Å². The Bertz CT molecular complexity index is 1050. The highest BCUT2D eigenvalue weighted by molar-refractivity contribution is 6.30. The average Bonchev–Trinajstić information content (AvgIpc) is 2.70. The number of nitrogens with one attached hydrogen (secondary N) is 1. The minimum absolute atomic E-state index is 0.128. The molecule has 0 spiro atoms. The monoisotopic (exact) mass is 399 g/mol. The largest absolute Gasteiger partial charge is 0.396 e. The number of unbranched alkanes of at least 4 members (excludes halogenated alkanes) is 1. The van der Waals surface area contributed by atoms with E-state index in [2.05, 4.69) is 10.4 Å². The summed E-state index contributed by atoms with van der Waals surface area (Å²) in [5, 5.41) is 17.0. The lowest BCUT2D eigenvalue weighted by molar-refractivity contribution is 0.0943. The minimum Gasteiger partial charge on any atom is -0.396 e. The number of nitrogens with zero attached hydrogens (tertiary/aromatic N) is 2. The molecular formula is C21H22ClN3O3. The van der Waals surface area contributed by atoms with Gasteiger partial charge in [0.25, 0.3) is 5.91 Å². The number of aliphatic hydroxyl groups excluding tert-OH is 1. The summed E-state index contributed by atoms with van der Waals surface area (Å²) in [6.45, 7) is 0.417. The highest BCUT2D eigenvalue weighted by atomic mass is 35.5. The number of para-hydroxylation sites is 1. The van der Waals surface area contributed by atoms with Crippen LogP contribution in [0, 0.1) is 0 Å². The molecule has 0 bridgehead atoms. The van der Waals surface area contributed by atoms with Crippen LogP contribution in [-0.2, 0) is 20.0 Å². The molecule has 3 rings (SSSR count). The van der Waals surface area contributed by atoms with Gasteiger partial charge in [0.1, 0.15) is 0 Å². The molecule has 28 heavy (non-hydrogen) atoms. The van der Waals surface area contributed by atoms with Crippen molar-refractivity contribution in [2.45, 2.75) is 25.8 Å². The van der Waals surface area contributed by atoms with Crippen molar-refractivity contribution in [1.82, 2.24) is 15.1 Å². The lowest BCUT2D eigenvalue weighted by atomic mass is 10.0. The van der Waals surface area contributed by atoms with E-state index in [-0.39, 0.29) is 24.3 Å². The zero-order chi connectivity index (χ0) is 20.1. The number of amides is 1. The van der Waals surface area contributed by atoms with E-state index in [1.807, 2.05) is 24.3 Å². The molecule has 2 aromatic carbocycles. The Kier molecular flexibility index (Phi) is 6.44. The number of rotatable bonds is 7. The molecule has 6 nitrogen and oxygen atoms in total. The molecule has 1 heterocycles. The number of aliphatic hydroxyl groups is 1. The van der Waals surface area contributed by atoms with Gasteiger partial charge in [-0.15, -0.1) is 0 Å². The number of fused-ring (bicyclic) bond motifs is 1. The Morgan fingerprint density at radius 1 is 1.18 bits per heavy atom. The zero-order valence-corrected chi connectivity index (χ0v) is 16.4. The van der Waals surface area contributed by atoms with Gasteiger partial charge < -0.3 is 10.4 Å². The fourth-order valence-electron chi connectivity index (χ4n) is 3.18. The normalized spacial score (nSPS) is 11.0. The standard InChI is InChI=1S/C21H22ClN3O3/c1-25-19-15(5-2-3-12-26)6-4-7-17(19)20(27)18(24-25)21(28)23-13-14-8-10-16(22)11-9-14/h4,6-11,26H,2-3,5,12-13H2,1H3,(H,23,28). The summed E-state index contributed by atoms with van der Waals surface area (Å²) in [6, 6.07) is 12.6. The third-order valence-electron chi connectivity index (χ3n) is 4.59. The number of hydrogen-bond acceptors (Lipinski definition) is 4. The molecule has 146 valence electrons. The van der Waals surface area contributed by atoms with Crippen molar-refractivity contribution < 1.29 is 9.90 Å². The topological polar surface area (TPSA) is 84.2 Å².